The van der Waals surface area contributed by atoms with Crippen LogP contribution in [0.4, 0.5) is 4.39 Å². The van der Waals surface area contributed by atoms with Crippen molar-refractivity contribution < 1.29 is 4.39 Å². The molecule has 0 amide bonds. The second-order valence-electron chi connectivity index (χ2n) is 58.1. The number of hydrogen-bond acceptors (Lipinski definition) is 21. The molecule has 0 aromatic heterocycles. The number of nitrogens with one attached hydrogen (secondary N) is 3. The van der Waals surface area contributed by atoms with Crippen LogP contribution in [0, 0.1) is 61.1 Å². The van der Waals surface area contributed by atoms with Gasteiger partial charge >= 0.3 is 0 Å². The number of likely N-dealkylation sites (tertiary alicyclic amines) is 18. The zero-order chi connectivity index (χ0) is 105. The van der Waals surface area contributed by atoms with Gasteiger partial charge in [0.25, 0.3) is 0 Å². The van der Waals surface area contributed by atoms with Gasteiger partial charge in [0.15, 0.2) is 0 Å². The molecule has 8 unspecified atom stereocenters. The van der Waals surface area contributed by atoms with Crippen LogP contribution in [-0.4, -0.2) is 478 Å². The fourth-order valence-corrected chi connectivity index (χ4v) is 32.0. The Hall–Kier alpha value is -0.910. The van der Waals surface area contributed by atoms with Crippen LogP contribution >= 0.6 is 0 Å². The molecule has 21 nitrogen and oxygen atoms in total. The highest BCUT2D eigenvalue weighted by Gasteiger charge is 2.57. The second kappa shape index (κ2) is 54.5. The minimum absolute atomic E-state index is 0. The second-order valence-corrected chi connectivity index (χ2v) is 58.1. The summed E-state index contributed by atoms with van der Waals surface area (Å²) in [5, 5.41) is 10.3. The molecule has 21 saturated heterocycles. The summed E-state index contributed by atoms with van der Waals surface area (Å²) in [6, 6.07) is 14.5. The lowest BCUT2D eigenvalue weighted by Gasteiger charge is -2.54. The van der Waals surface area contributed by atoms with Crippen LogP contribution < -0.4 is 16.0 Å². The summed E-state index contributed by atoms with van der Waals surface area (Å²) >= 11 is 0. The molecule has 858 valence electrons. The topological polar surface area (TPSA) is 94.4 Å². The van der Waals surface area contributed by atoms with Crippen molar-refractivity contribution in [3.05, 3.63) is 0 Å². The summed E-state index contributed by atoms with van der Waals surface area (Å²) < 4.78 is 12.8. The number of hydrogen-bond donors (Lipinski definition) is 3. The largest absolute Gasteiger partial charge is 0.315 e. The van der Waals surface area contributed by atoms with E-state index in [9.17, 15) is 4.39 Å². The summed E-state index contributed by atoms with van der Waals surface area (Å²) in [7, 11) is 0. The molecule has 22 heteroatoms. The number of rotatable bonds is 22. The van der Waals surface area contributed by atoms with Gasteiger partial charge in [-0.25, -0.2) is 4.39 Å². The van der Waals surface area contributed by atoms with Gasteiger partial charge in [-0.2, -0.15) is 0 Å². The molecule has 3 saturated carbocycles. The van der Waals surface area contributed by atoms with E-state index in [-0.39, 0.29) is 20.1 Å². The smallest absolute Gasteiger partial charge is 0.105 e. The van der Waals surface area contributed by atoms with Crippen LogP contribution in [0.1, 0.15) is 356 Å². The fourth-order valence-electron chi connectivity index (χ4n) is 32.0. The van der Waals surface area contributed by atoms with Gasteiger partial charge in [0.2, 0.25) is 0 Å². The Labute approximate surface area is 909 Å². The average Bonchev–Trinajstić information content (AvgIpc) is 1.68. The van der Waals surface area contributed by atoms with E-state index < -0.39 is 0 Å². The molecule has 8 atom stereocenters. The lowest BCUT2D eigenvalue weighted by Crippen LogP contribution is -2.62. The molecule has 21 aliphatic heterocycles. The SMILES string of the molecule is C.CC(C)N1CC2CNC2C1.CC(C)N1CCC2(C1)CN(C(C)C)C2.CC(C)N1CCC2(C1)CN(C1CCC1)C2.CC(C)N1CCC2(C1)CN(C1CCCC1)C2.CC(C)N1CCC2(CNC2)C1.CC(C)N1CCC2CCCC21.CC(C)N1CCC2CNCC21.CCC(C)N1CC2(CCN(C(C)C)C2)C1.CCC(CF)N1CC2(CCN(C(C)C)C2)C1.CCCN1CC2(CCN(C(C)C)C2)C1.CCN1CC2(CCN(C(C)C)C2)C1. The summed E-state index contributed by atoms with van der Waals surface area (Å²) in [5.74, 6) is 3.00. The highest BCUT2D eigenvalue weighted by molar-refractivity contribution is 5.12. The van der Waals surface area contributed by atoms with Crippen LogP contribution in [0.2, 0.25) is 0 Å². The van der Waals surface area contributed by atoms with Gasteiger partial charge in [-0.05, 0) is 392 Å². The molecule has 24 rings (SSSR count). The molecule has 24 fully saturated rings. The Morgan fingerprint density at radius 1 is 0.272 bits per heavy atom. The first-order valence-corrected chi connectivity index (χ1v) is 63.5. The molecule has 24 aliphatic rings. The first-order valence-electron chi connectivity index (χ1n) is 63.5. The lowest BCUT2D eigenvalue weighted by atomic mass is 9.75. The molecule has 3 aliphatic carbocycles. The van der Waals surface area contributed by atoms with Crippen LogP contribution in [0.3, 0.4) is 0 Å². The third-order valence-corrected chi connectivity index (χ3v) is 43.2. The van der Waals surface area contributed by atoms with Gasteiger partial charge in [-0.1, -0.05) is 60.8 Å². The van der Waals surface area contributed by atoms with Crippen LogP contribution in [0.15, 0.2) is 0 Å². The van der Waals surface area contributed by atoms with Crippen molar-refractivity contribution in [2.45, 2.75) is 471 Å². The molecule has 0 radical (unpaired) electrons. The predicted molar refractivity (Wildman–Crippen MR) is 627 cm³/mol. The molecular weight excluding hydrogens is 1810 g/mol. The van der Waals surface area contributed by atoms with Crippen molar-refractivity contribution in [1.29, 1.82) is 0 Å². The fraction of sp³-hybridized carbons (Fsp3) is 1.00. The van der Waals surface area contributed by atoms with Crippen LogP contribution in [0.25, 0.3) is 0 Å². The monoisotopic (exact) mass is 2060 g/mol. The highest BCUT2D eigenvalue weighted by atomic mass is 19.1. The predicted octanol–water partition coefficient (Wildman–Crippen LogP) is 18.3. The Balaban J connectivity index is 0.000000135. The number of nitrogens with zero attached hydrogens (tertiary/aromatic N) is 18. The van der Waals surface area contributed by atoms with Gasteiger partial charge in [0.1, 0.15) is 6.67 Å². The van der Waals surface area contributed by atoms with E-state index in [2.05, 4.69) is 305 Å². The molecule has 147 heavy (non-hydrogen) atoms. The van der Waals surface area contributed by atoms with Gasteiger partial charge in [-0.3, -0.25) is 39.2 Å². The van der Waals surface area contributed by atoms with Gasteiger partial charge in [-0.15, -0.1) is 0 Å². The molecule has 0 aromatic rings. The van der Waals surface area contributed by atoms with Crippen molar-refractivity contribution >= 4 is 0 Å². The first kappa shape index (κ1) is 123. The van der Waals surface area contributed by atoms with Crippen molar-refractivity contribution in [2.24, 2.45) is 61.1 Å². The lowest BCUT2D eigenvalue weighted by molar-refractivity contribution is -0.0481. The standard InChI is InChI=1S/C14H26N2.C13H25FN2.C13H24N2.C13H26N2.2C12H24N2.C11H22N2.C10H19N.2C9H18N2.C8H16N2.CH4/c1-12(2)15-8-7-14(9-15)10-16(11-14)13-5-3-4-6-13;1-4-12(7-14)16-9-13(10-16)5-6-15(8-13)11(2)3;1-11(2)14-7-6-13(8-14)9-15(10-13)12-4-3-5-12;1-5-12(4)15-9-13(10-15)6-7-14(8-13)11(2)3;1-10(2)13-6-5-12(7-13)8-14(9-12)11(3)4;1-4-6-13-8-12(9-13)5-7-14(10-12)11(2)3;1-4-12-7-11(8-12)5-6-13(9-11)10(2)3;1-8(2)11-7-6-9-4-3-5-10(9)11;1-8(2)11-4-3-9(7-11)5-10-6-9;1-7(2)11-4-3-8-5-10-6-9(8)11;1-6(2)10-4-7-3-9-8(7)5-10;/h12-13H,3-11H2,1-2H3;11-12H,4-10H2,1-3H3;11-12H,3-10H2,1-2H3;11-12H,5-10H2,1-4H3;10-11H,5-9H2,1-4H3;11H,4-10H2,1-3H3;10H,4-9H2,1-3H3;8-10H,3-7H2,1-2H3;8,10H,3-7H2,1-2H3;7-10H,3-6H2,1-2H3;6-9H,3-5H2,1-2H3;1H4. The molecule has 0 aromatic carbocycles. The van der Waals surface area contributed by atoms with Crippen molar-refractivity contribution in [1.82, 2.24) is 104 Å². The van der Waals surface area contributed by atoms with E-state index in [4.69, 9.17) is 0 Å². The normalized spacial score (nSPS) is 31.1. The maximum Gasteiger partial charge on any atom is 0.105 e. The van der Waals surface area contributed by atoms with Crippen molar-refractivity contribution in [2.75, 3.05) is 275 Å². The van der Waals surface area contributed by atoms with Gasteiger partial charge in [0.05, 0.1) is 0 Å². The Bertz CT molecular complexity index is 3590. The maximum atomic E-state index is 12.8. The number of halogens is 1. The minimum atomic E-state index is -0.180. The molecule has 3 N–H and O–H groups in total. The van der Waals surface area contributed by atoms with E-state index in [1.807, 2.05) is 0 Å². The van der Waals surface area contributed by atoms with Gasteiger partial charge in [0, 0.05) is 347 Å². The van der Waals surface area contributed by atoms with E-state index in [0.29, 0.717) is 49.4 Å². The number of alkyl halides is 1. The molecule has 0 bridgehead atoms. The quantitative estimate of drug-likeness (QED) is 0.0959. The Morgan fingerprint density at radius 2 is 0.605 bits per heavy atom. The van der Waals surface area contributed by atoms with Gasteiger partial charge < -0.3 is 64.9 Å². The summed E-state index contributed by atoms with van der Waals surface area (Å²) in [5.41, 5.74) is 5.34. The zero-order valence-corrected chi connectivity index (χ0v) is 102. The maximum absolute atomic E-state index is 12.8. The van der Waals surface area contributed by atoms with Crippen LogP contribution in [-0.2, 0) is 0 Å². The van der Waals surface area contributed by atoms with Crippen molar-refractivity contribution in [3.8, 4) is 0 Å². The van der Waals surface area contributed by atoms with E-state index in [1.54, 1.807) is 0 Å². The zero-order valence-electron chi connectivity index (χ0n) is 102. The molecule has 21 heterocycles. The highest BCUT2D eigenvalue weighted by Crippen LogP contribution is 2.50. The summed E-state index contributed by atoms with van der Waals surface area (Å²) in [6.07, 6.45) is 32.6. The summed E-state index contributed by atoms with van der Waals surface area (Å²) in [4.78, 5) is 47.3. The van der Waals surface area contributed by atoms with Crippen molar-refractivity contribution in [3.63, 3.8) is 0 Å². The third kappa shape index (κ3) is 31.3. The summed E-state index contributed by atoms with van der Waals surface area (Å²) in [6.45, 7) is 121. The van der Waals surface area contributed by atoms with E-state index >= 15 is 0 Å². The van der Waals surface area contributed by atoms with E-state index in [1.165, 1.54) is 397 Å². The third-order valence-electron chi connectivity index (χ3n) is 43.2. The molecular formula is C125H246FN21. The first-order chi connectivity index (χ1) is 69.4. The molecule has 8 spiro atoms. The minimum Gasteiger partial charge on any atom is -0.315 e. The Morgan fingerprint density at radius 3 is 0.905 bits per heavy atom. The number of fused-ring (bicyclic) bond motifs is 3. The Kier molecular flexibility index (Phi) is 45.6. The average molecular weight is 2060 g/mol. The van der Waals surface area contributed by atoms with Crippen LogP contribution in [0.5, 0.6) is 0 Å². The van der Waals surface area contributed by atoms with E-state index in [0.717, 1.165) is 140 Å².